The van der Waals surface area contributed by atoms with E-state index >= 15 is 0 Å². The summed E-state index contributed by atoms with van der Waals surface area (Å²) in [6.45, 7) is 4.85. The van der Waals surface area contributed by atoms with E-state index in [9.17, 15) is 5.11 Å². The van der Waals surface area contributed by atoms with E-state index in [1.54, 1.807) is 0 Å². The van der Waals surface area contributed by atoms with Crippen LogP contribution in [0.3, 0.4) is 0 Å². The standard InChI is InChI=1S/C16H25NO2/c1-2-16(8-9-16)13-17-10-15(18)12-19-11-14-6-4-3-5-7-14/h3-7,15,17-18H,2,8-13H2,1H3. The summed E-state index contributed by atoms with van der Waals surface area (Å²) in [5, 5.41) is 13.2. The van der Waals surface area contributed by atoms with E-state index in [4.69, 9.17) is 4.74 Å². The molecule has 0 spiro atoms. The molecule has 19 heavy (non-hydrogen) atoms. The van der Waals surface area contributed by atoms with Crippen LogP contribution in [0.2, 0.25) is 0 Å². The summed E-state index contributed by atoms with van der Waals surface area (Å²) in [5.74, 6) is 0. The molecule has 0 radical (unpaired) electrons. The summed E-state index contributed by atoms with van der Waals surface area (Å²) in [7, 11) is 0. The lowest BCUT2D eigenvalue weighted by atomic mass is 10.0. The Hall–Kier alpha value is -0.900. The average molecular weight is 263 g/mol. The predicted molar refractivity (Wildman–Crippen MR) is 76.9 cm³/mol. The van der Waals surface area contributed by atoms with Crippen molar-refractivity contribution in [3.63, 3.8) is 0 Å². The molecule has 0 amide bonds. The Balaban J connectivity index is 1.53. The highest BCUT2D eigenvalue weighted by Gasteiger charge is 2.39. The molecular weight excluding hydrogens is 238 g/mol. The Morgan fingerprint density at radius 3 is 2.68 bits per heavy atom. The van der Waals surface area contributed by atoms with Gasteiger partial charge < -0.3 is 15.2 Å². The number of hydrogen-bond acceptors (Lipinski definition) is 3. The number of rotatable bonds is 9. The summed E-state index contributed by atoms with van der Waals surface area (Å²) >= 11 is 0. The Bertz CT molecular complexity index is 362. The molecule has 1 aliphatic rings. The molecule has 2 rings (SSSR count). The van der Waals surface area contributed by atoms with E-state index in [0.717, 1.165) is 12.1 Å². The van der Waals surface area contributed by atoms with Crippen LogP contribution in [0.1, 0.15) is 31.7 Å². The summed E-state index contributed by atoms with van der Waals surface area (Å²) in [6.07, 6.45) is 3.48. The quantitative estimate of drug-likeness (QED) is 0.718. The SMILES string of the molecule is CCC1(CNCC(O)COCc2ccccc2)CC1. The highest BCUT2D eigenvalue weighted by molar-refractivity contribution is 5.13. The zero-order valence-electron chi connectivity index (χ0n) is 11.8. The molecule has 2 N–H and O–H groups in total. The van der Waals surface area contributed by atoms with Crippen LogP contribution in [0.25, 0.3) is 0 Å². The third-order valence-corrected chi connectivity index (χ3v) is 4.01. The molecule has 1 aromatic rings. The fraction of sp³-hybridized carbons (Fsp3) is 0.625. The summed E-state index contributed by atoms with van der Waals surface area (Å²) in [6, 6.07) is 10.0. The number of aliphatic hydroxyl groups excluding tert-OH is 1. The highest BCUT2D eigenvalue weighted by atomic mass is 16.5. The van der Waals surface area contributed by atoms with E-state index in [1.165, 1.54) is 19.3 Å². The largest absolute Gasteiger partial charge is 0.389 e. The zero-order valence-corrected chi connectivity index (χ0v) is 11.8. The minimum Gasteiger partial charge on any atom is -0.389 e. The van der Waals surface area contributed by atoms with Crippen LogP contribution in [0.4, 0.5) is 0 Å². The number of aliphatic hydroxyl groups is 1. The van der Waals surface area contributed by atoms with Gasteiger partial charge in [-0.3, -0.25) is 0 Å². The smallest absolute Gasteiger partial charge is 0.0897 e. The van der Waals surface area contributed by atoms with Gasteiger partial charge in [0.15, 0.2) is 0 Å². The first kappa shape index (κ1) is 14.5. The number of hydrogen-bond donors (Lipinski definition) is 2. The van der Waals surface area contributed by atoms with Crippen molar-refractivity contribution >= 4 is 0 Å². The molecule has 0 bridgehead atoms. The number of benzene rings is 1. The molecule has 1 atom stereocenters. The third-order valence-electron chi connectivity index (χ3n) is 4.01. The second-order valence-electron chi connectivity index (χ2n) is 5.64. The third kappa shape index (κ3) is 4.94. The second-order valence-corrected chi connectivity index (χ2v) is 5.64. The van der Waals surface area contributed by atoms with Crippen LogP contribution in [0.15, 0.2) is 30.3 Å². The van der Waals surface area contributed by atoms with E-state index in [1.807, 2.05) is 30.3 Å². The normalized spacial score (nSPS) is 18.2. The van der Waals surface area contributed by atoms with Crippen LogP contribution in [0.5, 0.6) is 0 Å². The zero-order chi connectivity index (χ0) is 13.6. The van der Waals surface area contributed by atoms with Crippen molar-refractivity contribution in [3.8, 4) is 0 Å². The molecule has 0 heterocycles. The number of ether oxygens (including phenoxy) is 1. The second kappa shape index (κ2) is 7.04. The molecule has 1 fully saturated rings. The van der Waals surface area contributed by atoms with Gasteiger partial charge in [0.1, 0.15) is 0 Å². The fourth-order valence-electron chi connectivity index (χ4n) is 2.28. The monoisotopic (exact) mass is 263 g/mol. The van der Waals surface area contributed by atoms with Crippen LogP contribution < -0.4 is 5.32 Å². The molecule has 0 aromatic heterocycles. The first-order valence-corrected chi connectivity index (χ1v) is 7.24. The Morgan fingerprint density at radius 1 is 1.32 bits per heavy atom. The summed E-state index contributed by atoms with van der Waals surface area (Å²) < 4.78 is 5.52. The molecule has 3 heteroatoms. The molecule has 1 aliphatic carbocycles. The topological polar surface area (TPSA) is 41.5 Å². The van der Waals surface area contributed by atoms with Crippen molar-refractivity contribution in [2.75, 3.05) is 19.7 Å². The highest BCUT2D eigenvalue weighted by Crippen LogP contribution is 2.47. The number of nitrogens with one attached hydrogen (secondary N) is 1. The van der Waals surface area contributed by atoms with Gasteiger partial charge in [-0.05, 0) is 30.2 Å². The van der Waals surface area contributed by atoms with Crippen molar-refractivity contribution in [1.82, 2.24) is 5.32 Å². The van der Waals surface area contributed by atoms with E-state index in [0.29, 0.717) is 25.2 Å². The van der Waals surface area contributed by atoms with Gasteiger partial charge in [-0.1, -0.05) is 37.3 Å². The lowest BCUT2D eigenvalue weighted by Gasteiger charge is -2.16. The average Bonchev–Trinajstić information content (AvgIpc) is 3.21. The summed E-state index contributed by atoms with van der Waals surface area (Å²) in [4.78, 5) is 0. The maximum atomic E-state index is 9.83. The predicted octanol–water partition coefficient (Wildman–Crippen LogP) is 2.34. The Morgan fingerprint density at radius 2 is 2.05 bits per heavy atom. The van der Waals surface area contributed by atoms with Gasteiger partial charge in [0.05, 0.1) is 19.3 Å². The molecule has 3 nitrogen and oxygen atoms in total. The van der Waals surface area contributed by atoms with Gasteiger partial charge in [0, 0.05) is 13.1 Å². The van der Waals surface area contributed by atoms with Crippen LogP contribution >= 0.6 is 0 Å². The van der Waals surface area contributed by atoms with Crippen LogP contribution in [0, 0.1) is 5.41 Å². The van der Waals surface area contributed by atoms with Gasteiger partial charge in [-0.25, -0.2) is 0 Å². The van der Waals surface area contributed by atoms with Crippen LogP contribution in [-0.4, -0.2) is 30.9 Å². The van der Waals surface area contributed by atoms with Crippen molar-refractivity contribution in [3.05, 3.63) is 35.9 Å². The summed E-state index contributed by atoms with van der Waals surface area (Å²) in [5.41, 5.74) is 1.68. The molecule has 1 unspecified atom stereocenters. The van der Waals surface area contributed by atoms with E-state index in [2.05, 4.69) is 12.2 Å². The van der Waals surface area contributed by atoms with Gasteiger partial charge in [-0.15, -0.1) is 0 Å². The van der Waals surface area contributed by atoms with Gasteiger partial charge in [-0.2, -0.15) is 0 Å². The molecule has 1 aromatic carbocycles. The van der Waals surface area contributed by atoms with E-state index in [-0.39, 0.29) is 0 Å². The van der Waals surface area contributed by atoms with Gasteiger partial charge in [0.2, 0.25) is 0 Å². The van der Waals surface area contributed by atoms with Gasteiger partial charge >= 0.3 is 0 Å². The minimum atomic E-state index is -0.420. The minimum absolute atomic E-state index is 0.390. The molecule has 0 saturated heterocycles. The molecule has 1 saturated carbocycles. The maximum Gasteiger partial charge on any atom is 0.0897 e. The van der Waals surface area contributed by atoms with Gasteiger partial charge in [0.25, 0.3) is 0 Å². The lowest BCUT2D eigenvalue weighted by molar-refractivity contribution is 0.0283. The fourth-order valence-corrected chi connectivity index (χ4v) is 2.28. The molecular formula is C16H25NO2. The van der Waals surface area contributed by atoms with Crippen LogP contribution in [-0.2, 0) is 11.3 Å². The first-order chi connectivity index (χ1) is 9.24. The Kier molecular flexibility index (Phi) is 5.37. The van der Waals surface area contributed by atoms with Crippen molar-refractivity contribution in [1.29, 1.82) is 0 Å². The molecule has 106 valence electrons. The van der Waals surface area contributed by atoms with Crippen molar-refractivity contribution in [2.24, 2.45) is 5.41 Å². The van der Waals surface area contributed by atoms with Crippen molar-refractivity contribution in [2.45, 2.75) is 38.9 Å². The lowest BCUT2D eigenvalue weighted by Crippen LogP contribution is -2.34. The Labute approximate surface area is 116 Å². The maximum absolute atomic E-state index is 9.83. The first-order valence-electron chi connectivity index (χ1n) is 7.24. The molecule has 0 aliphatic heterocycles. The van der Waals surface area contributed by atoms with E-state index < -0.39 is 6.10 Å². The van der Waals surface area contributed by atoms with Crippen molar-refractivity contribution < 1.29 is 9.84 Å².